The van der Waals surface area contributed by atoms with Crippen LogP contribution in [0, 0.1) is 12.8 Å². The molecule has 0 spiro atoms. The van der Waals surface area contributed by atoms with Gasteiger partial charge in [0.25, 0.3) is 0 Å². The summed E-state index contributed by atoms with van der Waals surface area (Å²) in [5.41, 5.74) is 0.311. The summed E-state index contributed by atoms with van der Waals surface area (Å²) >= 11 is 0. The quantitative estimate of drug-likeness (QED) is 0.850. The van der Waals surface area contributed by atoms with Crippen LogP contribution in [0.15, 0.2) is 12.3 Å². The Bertz CT molecular complexity index is 712. The standard InChI is InChI=1S/C20H31N5O3/c1-14-22-10-7-16(23-14)18(15-5-8-21-9-6-15)25-12-11-24(13-17(25)26)19(27)28-20(2,3)4/h7,10,15,18,21H,5-6,8-9,11-13H2,1-4H3. The number of ether oxygens (including phenoxy) is 1. The third kappa shape index (κ3) is 4.98. The number of nitrogens with zero attached hydrogens (tertiary/aromatic N) is 4. The minimum absolute atomic E-state index is 0.0421. The molecule has 1 aromatic heterocycles. The lowest BCUT2D eigenvalue weighted by molar-refractivity contribution is -0.140. The van der Waals surface area contributed by atoms with E-state index in [4.69, 9.17) is 4.74 Å². The molecule has 8 nitrogen and oxygen atoms in total. The van der Waals surface area contributed by atoms with Crippen molar-refractivity contribution < 1.29 is 14.3 Å². The number of amides is 2. The second kappa shape index (κ2) is 8.43. The van der Waals surface area contributed by atoms with E-state index in [0.29, 0.717) is 24.8 Å². The van der Waals surface area contributed by atoms with Crippen LogP contribution < -0.4 is 5.32 Å². The van der Waals surface area contributed by atoms with Crippen molar-refractivity contribution in [2.24, 2.45) is 5.92 Å². The summed E-state index contributed by atoms with van der Waals surface area (Å²) in [4.78, 5) is 37.6. The predicted molar refractivity (Wildman–Crippen MR) is 105 cm³/mol. The van der Waals surface area contributed by atoms with Gasteiger partial charge in [-0.1, -0.05) is 0 Å². The molecule has 0 aliphatic carbocycles. The van der Waals surface area contributed by atoms with Gasteiger partial charge in [0.05, 0.1) is 11.7 Å². The lowest BCUT2D eigenvalue weighted by Gasteiger charge is -2.43. The number of aromatic nitrogens is 2. The summed E-state index contributed by atoms with van der Waals surface area (Å²) < 4.78 is 5.43. The van der Waals surface area contributed by atoms with Gasteiger partial charge in [-0.25, -0.2) is 14.8 Å². The molecule has 0 radical (unpaired) electrons. The number of hydrogen-bond acceptors (Lipinski definition) is 6. The lowest BCUT2D eigenvalue weighted by Crippen LogP contribution is -2.55. The molecule has 1 atom stereocenters. The first-order chi connectivity index (χ1) is 13.2. The molecule has 3 heterocycles. The Hall–Kier alpha value is -2.22. The van der Waals surface area contributed by atoms with Crippen LogP contribution in [0.3, 0.4) is 0 Å². The first-order valence-corrected chi connectivity index (χ1v) is 10.0. The van der Waals surface area contributed by atoms with Crippen LogP contribution in [-0.2, 0) is 9.53 Å². The Morgan fingerprint density at radius 1 is 1.29 bits per heavy atom. The van der Waals surface area contributed by atoms with E-state index in [2.05, 4.69) is 15.3 Å². The smallest absolute Gasteiger partial charge is 0.410 e. The molecule has 3 rings (SSSR count). The number of nitrogens with one attached hydrogen (secondary N) is 1. The molecule has 8 heteroatoms. The van der Waals surface area contributed by atoms with E-state index in [9.17, 15) is 9.59 Å². The molecule has 1 aromatic rings. The Kier molecular flexibility index (Phi) is 6.17. The lowest BCUT2D eigenvalue weighted by atomic mass is 9.86. The highest BCUT2D eigenvalue weighted by molar-refractivity contribution is 5.84. The molecule has 2 fully saturated rings. The van der Waals surface area contributed by atoms with Gasteiger partial charge >= 0.3 is 6.09 Å². The highest BCUT2D eigenvalue weighted by Gasteiger charge is 2.38. The summed E-state index contributed by atoms with van der Waals surface area (Å²) in [5.74, 6) is 0.987. The predicted octanol–water partition coefficient (Wildman–Crippen LogP) is 1.91. The Morgan fingerprint density at radius 2 is 2.00 bits per heavy atom. The zero-order valence-corrected chi connectivity index (χ0v) is 17.3. The van der Waals surface area contributed by atoms with E-state index in [0.717, 1.165) is 31.6 Å². The molecule has 0 aromatic carbocycles. The minimum Gasteiger partial charge on any atom is -0.444 e. The third-order valence-electron chi connectivity index (χ3n) is 5.18. The van der Waals surface area contributed by atoms with Gasteiger partial charge in [0.2, 0.25) is 5.91 Å². The number of carbonyl (C=O) groups is 2. The zero-order valence-electron chi connectivity index (χ0n) is 17.3. The maximum absolute atomic E-state index is 13.0. The van der Waals surface area contributed by atoms with Crippen LogP contribution in [0.4, 0.5) is 4.79 Å². The summed E-state index contributed by atoms with van der Waals surface area (Å²) in [5, 5.41) is 3.38. The fourth-order valence-corrected chi connectivity index (χ4v) is 3.92. The normalized spacial score (nSPS) is 20.2. The summed E-state index contributed by atoms with van der Waals surface area (Å²) in [6, 6.07) is 1.82. The highest BCUT2D eigenvalue weighted by Crippen LogP contribution is 2.34. The number of piperidine rings is 1. The third-order valence-corrected chi connectivity index (χ3v) is 5.18. The number of piperazine rings is 1. The second-order valence-corrected chi connectivity index (χ2v) is 8.55. The molecular weight excluding hydrogens is 358 g/mol. The van der Waals surface area contributed by atoms with Crippen LogP contribution in [0.2, 0.25) is 0 Å². The maximum atomic E-state index is 13.0. The topological polar surface area (TPSA) is 87.7 Å². The van der Waals surface area contributed by atoms with Crippen molar-refractivity contribution in [3.8, 4) is 0 Å². The van der Waals surface area contributed by atoms with Crippen LogP contribution in [-0.4, -0.2) is 70.1 Å². The van der Waals surface area contributed by atoms with Crippen LogP contribution in [0.5, 0.6) is 0 Å². The van der Waals surface area contributed by atoms with E-state index in [1.165, 1.54) is 4.90 Å². The molecule has 2 aliphatic heterocycles. The van der Waals surface area contributed by atoms with Crippen LogP contribution in [0.25, 0.3) is 0 Å². The average molecular weight is 390 g/mol. The van der Waals surface area contributed by atoms with Gasteiger partial charge in [-0.15, -0.1) is 0 Å². The summed E-state index contributed by atoms with van der Waals surface area (Å²) in [6.07, 6.45) is 3.31. The zero-order chi connectivity index (χ0) is 20.3. The highest BCUT2D eigenvalue weighted by atomic mass is 16.6. The van der Waals surface area contributed by atoms with Gasteiger partial charge in [-0.3, -0.25) is 9.69 Å². The minimum atomic E-state index is -0.576. The fourth-order valence-electron chi connectivity index (χ4n) is 3.92. The van der Waals surface area contributed by atoms with Crippen LogP contribution >= 0.6 is 0 Å². The van der Waals surface area contributed by atoms with Crippen LogP contribution in [0.1, 0.15) is 51.2 Å². The van der Waals surface area contributed by atoms with Crippen molar-refractivity contribution >= 4 is 12.0 Å². The molecule has 0 saturated carbocycles. The largest absolute Gasteiger partial charge is 0.444 e. The number of aryl methyl sites for hydroxylation is 1. The number of rotatable bonds is 3. The summed E-state index contributed by atoms with van der Waals surface area (Å²) in [6.45, 7) is 10.2. The van der Waals surface area contributed by atoms with Gasteiger partial charge in [0.15, 0.2) is 0 Å². The van der Waals surface area contributed by atoms with E-state index >= 15 is 0 Å². The van der Waals surface area contributed by atoms with Crippen molar-refractivity contribution in [1.82, 2.24) is 25.1 Å². The van der Waals surface area contributed by atoms with Gasteiger partial charge < -0.3 is 15.0 Å². The summed E-state index contributed by atoms with van der Waals surface area (Å²) in [7, 11) is 0. The molecule has 28 heavy (non-hydrogen) atoms. The Balaban J connectivity index is 1.78. The van der Waals surface area contributed by atoms with Crippen molar-refractivity contribution in [2.45, 2.75) is 52.2 Å². The molecule has 0 bridgehead atoms. The first-order valence-electron chi connectivity index (χ1n) is 10.0. The number of hydrogen-bond donors (Lipinski definition) is 1. The maximum Gasteiger partial charge on any atom is 0.410 e. The van der Waals surface area contributed by atoms with E-state index in [1.54, 1.807) is 6.20 Å². The van der Waals surface area contributed by atoms with Gasteiger partial charge in [0.1, 0.15) is 18.0 Å². The fraction of sp³-hybridized carbons (Fsp3) is 0.700. The second-order valence-electron chi connectivity index (χ2n) is 8.55. The molecule has 2 amide bonds. The van der Waals surface area contributed by atoms with Crippen molar-refractivity contribution in [3.05, 3.63) is 23.8 Å². The van der Waals surface area contributed by atoms with Gasteiger partial charge in [-0.2, -0.15) is 0 Å². The van der Waals surface area contributed by atoms with Gasteiger partial charge in [-0.05, 0) is 65.6 Å². The van der Waals surface area contributed by atoms with Crippen molar-refractivity contribution in [3.63, 3.8) is 0 Å². The molecule has 1 unspecified atom stereocenters. The van der Waals surface area contributed by atoms with E-state index in [1.807, 2.05) is 38.7 Å². The molecule has 2 saturated heterocycles. The SMILES string of the molecule is Cc1nccc(C(C2CCNCC2)N2CCN(C(=O)OC(C)(C)C)CC2=O)n1. The Labute approximate surface area is 166 Å². The van der Waals surface area contributed by atoms with Crippen molar-refractivity contribution in [1.29, 1.82) is 0 Å². The number of carbonyl (C=O) groups excluding carboxylic acids is 2. The first kappa shape index (κ1) is 20.5. The molecule has 1 N–H and O–H groups in total. The van der Waals surface area contributed by atoms with Crippen molar-refractivity contribution in [2.75, 3.05) is 32.7 Å². The van der Waals surface area contributed by atoms with E-state index in [-0.39, 0.29) is 18.5 Å². The molecular formula is C20H31N5O3. The van der Waals surface area contributed by atoms with E-state index < -0.39 is 11.7 Å². The van der Waals surface area contributed by atoms with Gasteiger partial charge in [0, 0.05) is 19.3 Å². The average Bonchev–Trinajstić information content (AvgIpc) is 2.63. The molecule has 2 aliphatic rings. The Morgan fingerprint density at radius 3 is 2.61 bits per heavy atom. The molecule has 154 valence electrons. The monoisotopic (exact) mass is 389 g/mol.